The fraction of sp³-hybridized carbons (Fsp3) is 0.547. The number of carbonyl (C=O) groups excluding carboxylic acids is 4. The third-order valence-corrected chi connectivity index (χ3v) is 15.9. The van der Waals surface area contributed by atoms with Crippen molar-refractivity contribution in [1.29, 1.82) is 0 Å². The molecule has 12 heteroatoms. The molecule has 0 radical (unpaired) electrons. The highest BCUT2D eigenvalue weighted by Crippen LogP contribution is 2.43. The van der Waals surface area contributed by atoms with E-state index in [2.05, 4.69) is 39.3 Å². The lowest BCUT2D eigenvalue weighted by Gasteiger charge is -2.24. The zero-order valence-electron chi connectivity index (χ0n) is 40.8. The number of ether oxygens (including phenoxy) is 5. The van der Waals surface area contributed by atoms with E-state index in [4.69, 9.17) is 23.7 Å². The van der Waals surface area contributed by atoms with Crippen LogP contribution in [0.2, 0.25) is 51.4 Å². The molecule has 0 aliphatic heterocycles. The molecule has 0 spiro atoms. The number of ketones is 4. The summed E-state index contributed by atoms with van der Waals surface area (Å²) in [4.78, 5) is 55.4. The van der Waals surface area contributed by atoms with Crippen molar-refractivity contribution in [2.24, 2.45) is 11.8 Å². The average Bonchev–Trinajstić information content (AvgIpc) is 3.30. The number of phenolic OH excluding ortho intramolecular Hbond substituents is 1. The molecule has 0 saturated carbocycles. The van der Waals surface area contributed by atoms with Gasteiger partial charge in [0.15, 0.2) is 40.3 Å². The third-order valence-electron chi connectivity index (χ3n) is 12.5. The number of benzene rings is 2. The Labute approximate surface area is 389 Å². The molecule has 10 nitrogen and oxygen atoms in total. The first-order chi connectivity index (χ1) is 30.7. The molecule has 0 heterocycles. The van der Waals surface area contributed by atoms with Crippen LogP contribution in [0.4, 0.5) is 0 Å². The van der Waals surface area contributed by atoms with E-state index in [-0.39, 0.29) is 66.6 Å². The van der Waals surface area contributed by atoms with Crippen molar-refractivity contribution in [2.75, 3.05) is 46.8 Å². The number of hydrogen-bond acceptors (Lipinski definition) is 10. The number of carbonyl (C=O) groups is 4. The molecule has 2 aromatic carbocycles. The van der Waals surface area contributed by atoms with Gasteiger partial charge in [0.1, 0.15) is 5.78 Å². The van der Waals surface area contributed by atoms with Crippen LogP contribution in [0.5, 0.6) is 23.0 Å². The Morgan fingerprint density at radius 3 is 2.09 bits per heavy atom. The second-order valence-corrected chi connectivity index (χ2v) is 32.0. The fourth-order valence-corrected chi connectivity index (χ4v) is 9.90. The molecular weight excluding hydrogens is 853 g/mol. The van der Waals surface area contributed by atoms with Gasteiger partial charge in [-0.15, -0.1) is 0 Å². The highest BCUT2D eigenvalue weighted by molar-refractivity contribution is 6.76. The topological polar surface area (TPSA) is 135 Å². The normalized spacial score (nSPS) is 20.6. The van der Waals surface area contributed by atoms with Crippen molar-refractivity contribution < 1.29 is 48.0 Å². The summed E-state index contributed by atoms with van der Waals surface area (Å²) >= 11 is 0. The first-order valence-electron chi connectivity index (χ1n) is 23.6. The Morgan fingerprint density at radius 1 is 0.738 bits per heavy atom. The van der Waals surface area contributed by atoms with Crippen LogP contribution in [-0.2, 0) is 19.1 Å². The minimum atomic E-state index is -1.36. The molecule has 0 bridgehead atoms. The van der Waals surface area contributed by atoms with Gasteiger partial charge in [0.05, 0.1) is 45.4 Å². The van der Waals surface area contributed by atoms with Crippen LogP contribution in [0.3, 0.4) is 0 Å². The molecule has 0 saturated heterocycles. The Bertz CT molecular complexity index is 2180. The lowest BCUT2D eigenvalue weighted by molar-refractivity contribution is -0.124. The van der Waals surface area contributed by atoms with Gasteiger partial charge < -0.3 is 28.8 Å². The van der Waals surface area contributed by atoms with Gasteiger partial charge in [-0.05, 0) is 105 Å². The van der Waals surface area contributed by atoms with E-state index in [1.807, 2.05) is 39.0 Å². The maximum absolute atomic E-state index is 14.2. The molecule has 2 aromatic rings. The smallest absolute Gasteiger partial charge is 0.190 e. The van der Waals surface area contributed by atoms with E-state index in [1.54, 1.807) is 31.4 Å². The van der Waals surface area contributed by atoms with Crippen LogP contribution in [0.15, 0.2) is 64.8 Å². The van der Waals surface area contributed by atoms with E-state index in [0.29, 0.717) is 97.9 Å². The van der Waals surface area contributed by atoms with Crippen molar-refractivity contribution in [1.82, 2.24) is 0 Å². The van der Waals surface area contributed by atoms with Crippen LogP contribution in [0.25, 0.3) is 6.08 Å². The number of methoxy groups -OCH3 is 1. The Balaban J connectivity index is 1.27. The molecule has 0 aromatic heterocycles. The van der Waals surface area contributed by atoms with E-state index in [0.717, 1.165) is 35.2 Å². The Kier molecular flexibility index (Phi) is 18.6. The zero-order chi connectivity index (χ0) is 47.5. The van der Waals surface area contributed by atoms with Gasteiger partial charge in [-0.1, -0.05) is 81.7 Å². The second kappa shape index (κ2) is 23.4. The second-order valence-electron chi connectivity index (χ2n) is 20.7. The van der Waals surface area contributed by atoms with Gasteiger partial charge >= 0.3 is 0 Å². The maximum Gasteiger partial charge on any atom is 0.190 e. The third kappa shape index (κ3) is 15.1. The van der Waals surface area contributed by atoms with E-state index < -0.39 is 28.0 Å². The molecule has 354 valence electrons. The maximum atomic E-state index is 14.2. The summed E-state index contributed by atoms with van der Waals surface area (Å²) in [5.41, 5.74) is 5.50. The standard InChI is InChI=1S/C53H74O10Si2/c1-35-15-14-16-46(54)41-30-48(56)49(29-39(41)27-38(28-47(55)37(3)25-35)33-60-21-23-64(5,6)7)62-19-12-11-13-20-63-51-31-42-44(32-50(51)59-4)52(57)40-18-17-36(2)26-43(40)53(58)45(42)34-61-22-24-65(8,9)10/h15,17-18,27,29-32,37,43,45,56H,11-14,16,19-26,28,33-34H2,1-10H3/b35-15-,38-27?/t37-,43+,45?/m0/s1. The molecule has 3 aliphatic rings. The number of aromatic hydroxyl groups is 1. The number of Topliss-reactive ketones (excluding diaryl/α,β-unsaturated/α-hetero) is 4. The van der Waals surface area contributed by atoms with Gasteiger partial charge in [0.2, 0.25) is 0 Å². The number of hydrogen-bond donors (Lipinski definition) is 1. The van der Waals surface area contributed by atoms with Gasteiger partial charge in [0.25, 0.3) is 0 Å². The van der Waals surface area contributed by atoms with E-state index in [1.165, 1.54) is 6.07 Å². The number of fused-ring (bicyclic) bond motifs is 3. The first-order valence-corrected chi connectivity index (χ1v) is 31.0. The van der Waals surface area contributed by atoms with Crippen molar-refractivity contribution >= 4 is 45.4 Å². The highest BCUT2D eigenvalue weighted by Gasteiger charge is 2.41. The summed E-state index contributed by atoms with van der Waals surface area (Å²) in [5, 5.41) is 11.1. The predicted molar refractivity (Wildman–Crippen MR) is 265 cm³/mol. The zero-order valence-corrected chi connectivity index (χ0v) is 42.8. The molecular formula is C53H74O10Si2. The summed E-state index contributed by atoms with van der Waals surface area (Å²) in [6.07, 6.45) is 11.9. The Hall–Kier alpha value is -4.37. The molecule has 0 fully saturated rings. The summed E-state index contributed by atoms with van der Waals surface area (Å²) in [5.74, 6) is -0.401. The predicted octanol–water partition coefficient (Wildman–Crippen LogP) is 11.8. The van der Waals surface area contributed by atoms with Gasteiger partial charge in [0, 0.05) is 64.8 Å². The van der Waals surface area contributed by atoms with Crippen molar-refractivity contribution in [3.8, 4) is 23.0 Å². The summed E-state index contributed by atoms with van der Waals surface area (Å²) < 4.78 is 30.5. The monoisotopic (exact) mass is 926 g/mol. The number of allylic oxidation sites excluding steroid dienone is 6. The average molecular weight is 927 g/mol. The van der Waals surface area contributed by atoms with Gasteiger partial charge in [-0.25, -0.2) is 0 Å². The molecule has 3 atom stereocenters. The van der Waals surface area contributed by atoms with Crippen molar-refractivity contribution in [3.63, 3.8) is 0 Å². The SMILES string of the molecule is COc1cc2c(cc1OCCCCCOc1cc3c(cc1O)C(=O)CC/C=C(/C)C[C@H](C)C(=O)CC(COCC[Si](C)(C)C)=C3)C(COCC[Si](C)(C)C)C(=O)[C@@H]1CC(C)=CC=C1C2=O. The van der Waals surface area contributed by atoms with E-state index >= 15 is 0 Å². The lowest BCUT2D eigenvalue weighted by Crippen LogP contribution is -2.28. The molecule has 65 heavy (non-hydrogen) atoms. The minimum Gasteiger partial charge on any atom is -0.504 e. The van der Waals surface area contributed by atoms with Crippen molar-refractivity contribution in [2.45, 2.75) is 129 Å². The molecule has 5 rings (SSSR count). The number of phenols is 1. The van der Waals surface area contributed by atoms with Crippen molar-refractivity contribution in [3.05, 3.63) is 87.0 Å². The first kappa shape index (κ1) is 51.6. The minimum absolute atomic E-state index is 0.00897. The largest absolute Gasteiger partial charge is 0.504 e. The Morgan fingerprint density at radius 2 is 1.42 bits per heavy atom. The quantitative estimate of drug-likeness (QED) is 0.0824. The van der Waals surface area contributed by atoms with E-state index in [9.17, 15) is 24.3 Å². The number of rotatable bonds is 19. The van der Waals surface area contributed by atoms with Crippen LogP contribution in [0.1, 0.15) is 110 Å². The van der Waals surface area contributed by atoms with Crippen LogP contribution in [-0.4, -0.2) is 91.1 Å². The van der Waals surface area contributed by atoms with Gasteiger partial charge in [-0.3, -0.25) is 19.2 Å². The summed E-state index contributed by atoms with van der Waals surface area (Å²) in [6.45, 7) is 22.0. The molecule has 1 unspecified atom stereocenters. The van der Waals surface area contributed by atoms with Crippen LogP contribution in [0, 0.1) is 11.8 Å². The fourth-order valence-electron chi connectivity index (χ4n) is 8.39. The van der Waals surface area contributed by atoms with Crippen LogP contribution < -0.4 is 14.2 Å². The van der Waals surface area contributed by atoms with Crippen LogP contribution >= 0.6 is 0 Å². The molecule has 1 N–H and O–H groups in total. The lowest BCUT2D eigenvalue weighted by atomic mass is 9.80. The number of unbranched alkanes of at least 4 members (excludes halogenated alkanes) is 2. The molecule has 0 amide bonds. The summed E-state index contributed by atoms with van der Waals surface area (Å²) in [7, 11) is -1.14. The molecule has 3 aliphatic carbocycles. The summed E-state index contributed by atoms with van der Waals surface area (Å²) in [6, 6.07) is 8.68. The van der Waals surface area contributed by atoms with Gasteiger partial charge in [-0.2, -0.15) is 0 Å². The highest BCUT2D eigenvalue weighted by atomic mass is 28.3.